The summed E-state index contributed by atoms with van der Waals surface area (Å²) in [6, 6.07) is 1.86. The van der Waals surface area contributed by atoms with Crippen LogP contribution in [0.5, 0.6) is 5.75 Å². The van der Waals surface area contributed by atoms with Gasteiger partial charge in [-0.15, -0.1) is 11.3 Å². The number of nitrogens with zero attached hydrogens (tertiary/aromatic N) is 1. The lowest BCUT2D eigenvalue weighted by molar-refractivity contribution is 0.112. The Kier molecular flexibility index (Phi) is 3.66. The van der Waals surface area contributed by atoms with E-state index < -0.39 is 17.4 Å². The highest BCUT2D eigenvalue weighted by atomic mass is 32.1. The van der Waals surface area contributed by atoms with Gasteiger partial charge in [0.15, 0.2) is 17.4 Å². The maximum Gasteiger partial charge on any atom is 0.191 e. The summed E-state index contributed by atoms with van der Waals surface area (Å²) >= 11 is 1.43. The van der Waals surface area contributed by atoms with Crippen LogP contribution >= 0.6 is 11.3 Å². The highest BCUT2D eigenvalue weighted by molar-refractivity contribution is 7.09. The van der Waals surface area contributed by atoms with E-state index in [-0.39, 0.29) is 12.2 Å². The molecule has 3 nitrogen and oxygen atoms in total. The zero-order chi connectivity index (χ0) is 13.1. The van der Waals surface area contributed by atoms with Gasteiger partial charge in [0.05, 0.1) is 10.7 Å². The van der Waals surface area contributed by atoms with Crippen molar-refractivity contribution in [2.75, 3.05) is 0 Å². The number of carbonyl (C=O) groups is 1. The lowest BCUT2D eigenvalue weighted by Gasteiger charge is -2.07. The maximum atomic E-state index is 13.5. The van der Waals surface area contributed by atoms with E-state index >= 15 is 0 Å². The maximum absolute atomic E-state index is 13.5. The van der Waals surface area contributed by atoms with Crippen LogP contribution in [-0.4, -0.2) is 11.3 Å². The van der Waals surface area contributed by atoms with Gasteiger partial charge in [-0.1, -0.05) is 0 Å². The lowest BCUT2D eigenvalue weighted by Crippen LogP contribution is -2.01. The molecule has 94 valence electrons. The minimum absolute atomic E-state index is 0.0153. The first-order valence-corrected chi connectivity index (χ1v) is 5.96. The smallest absolute Gasteiger partial charge is 0.191 e. The van der Waals surface area contributed by atoms with Crippen molar-refractivity contribution >= 4 is 17.6 Å². The van der Waals surface area contributed by atoms with Gasteiger partial charge >= 0.3 is 0 Å². The molecule has 0 radical (unpaired) electrons. The Morgan fingerprint density at radius 2 is 2.06 bits per heavy atom. The van der Waals surface area contributed by atoms with E-state index in [1.165, 1.54) is 11.3 Å². The Hall–Kier alpha value is -1.82. The highest BCUT2D eigenvalue weighted by Gasteiger charge is 2.13. The first kappa shape index (κ1) is 12.6. The largest absolute Gasteiger partial charge is 0.481 e. The summed E-state index contributed by atoms with van der Waals surface area (Å²) in [4.78, 5) is 14.5. The van der Waals surface area contributed by atoms with Crippen molar-refractivity contribution in [1.29, 1.82) is 0 Å². The van der Waals surface area contributed by atoms with Crippen LogP contribution in [0.2, 0.25) is 0 Å². The molecule has 0 saturated heterocycles. The monoisotopic (exact) mass is 269 g/mol. The summed E-state index contributed by atoms with van der Waals surface area (Å²) in [6.07, 6.45) is 0.375. The van der Waals surface area contributed by atoms with E-state index in [2.05, 4.69) is 4.98 Å². The van der Waals surface area contributed by atoms with E-state index in [4.69, 9.17) is 4.74 Å². The molecule has 0 aliphatic heterocycles. The number of hydrogen-bond donors (Lipinski definition) is 0. The molecule has 0 bridgehead atoms. The highest BCUT2D eigenvalue weighted by Crippen LogP contribution is 2.24. The van der Waals surface area contributed by atoms with Crippen molar-refractivity contribution in [3.8, 4) is 5.75 Å². The number of benzene rings is 1. The molecule has 6 heteroatoms. The molecule has 0 amide bonds. The second-order valence-corrected chi connectivity index (χ2v) is 4.64. The standard InChI is InChI=1S/C12H9F2NO2S/c1-7-15-9(6-18-7)5-17-12-10(13)2-8(4-16)3-11(12)14/h2-4,6H,5H2,1H3. The molecule has 0 spiro atoms. The van der Waals surface area contributed by atoms with E-state index in [1.807, 2.05) is 6.92 Å². The molecule has 1 aromatic heterocycles. The third kappa shape index (κ3) is 2.70. The Bertz CT molecular complexity index is 560. The number of hydrogen-bond acceptors (Lipinski definition) is 4. The fourth-order valence-corrected chi connectivity index (χ4v) is 2.00. The summed E-state index contributed by atoms with van der Waals surface area (Å²) < 4.78 is 32.0. The summed E-state index contributed by atoms with van der Waals surface area (Å²) in [6.45, 7) is 1.81. The van der Waals surface area contributed by atoms with E-state index in [9.17, 15) is 13.6 Å². The molecule has 0 saturated carbocycles. The van der Waals surface area contributed by atoms with Gasteiger partial charge in [-0.2, -0.15) is 0 Å². The molecule has 0 aliphatic carbocycles. The molecule has 0 N–H and O–H groups in total. The Morgan fingerprint density at radius 1 is 1.39 bits per heavy atom. The fourth-order valence-electron chi connectivity index (χ4n) is 1.41. The summed E-state index contributed by atoms with van der Waals surface area (Å²) in [5.41, 5.74) is 0.539. The van der Waals surface area contributed by atoms with Crippen LogP contribution in [0.25, 0.3) is 0 Å². The number of aromatic nitrogens is 1. The van der Waals surface area contributed by atoms with Crippen molar-refractivity contribution in [2.45, 2.75) is 13.5 Å². The average Bonchev–Trinajstić information content (AvgIpc) is 2.73. The fraction of sp³-hybridized carbons (Fsp3) is 0.167. The van der Waals surface area contributed by atoms with Gasteiger partial charge in [0, 0.05) is 10.9 Å². The van der Waals surface area contributed by atoms with Gasteiger partial charge in [0.2, 0.25) is 0 Å². The number of aryl methyl sites for hydroxylation is 1. The second-order valence-electron chi connectivity index (χ2n) is 3.58. The van der Waals surface area contributed by atoms with Crippen LogP contribution in [0, 0.1) is 18.6 Å². The van der Waals surface area contributed by atoms with Crippen molar-refractivity contribution in [2.24, 2.45) is 0 Å². The number of rotatable bonds is 4. The Morgan fingerprint density at radius 3 is 2.56 bits per heavy atom. The lowest BCUT2D eigenvalue weighted by atomic mass is 10.2. The van der Waals surface area contributed by atoms with Crippen LogP contribution in [0.4, 0.5) is 8.78 Å². The van der Waals surface area contributed by atoms with Gasteiger partial charge in [0.1, 0.15) is 12.9 Å². The molecule has 18 heavy (non-hydrogen) atoms. The van der Waals surface area contributed by atoms with Crippen molar-refractivity contribution in [1.82, 2.24) is 4.98 Å². The molecule has 0 atom stereocenters. The Labute approximate surface area is 106 Å². The quantitative estimate of drug-likeness (QED) is 0.800. The number of aldehydes is 1. The summed E-state index contributed by atoms with van der Waals surface area (Å²) in [5.74, 6) is -2.29. The zero-order valence-electron chi connectivity index (χ0n) is 9.44. The third-order valence-electron chi connectivity index (χ3n) is 2.19. The number of thiazole rings is 1. The first-order valence-electron chi connectivity index (χ1n) is 5.08. The van der Waals surface area contributed by atoms with Gasteiger partial charge < -0.3 is 4.74 Å². The van der Waals surface area contributed by atoms with Gasteiger partial charge in [-0.25, -0.2) is 13.8 Å². The predicted molar refractivity (Wildman–Crippen MR) is 62.9 cm³/mol. The number of halogens is 2. The third-order valence-corrected chi connectivity index (χ3v) is 3.01. The van der Waals surface area contributed by atoms with Gasteiger partial charge in [0.25, 0.3) is 0 Å². The zero-order valence-corrected chi connectivity index (χ0v) is 10.3. The van der Waals surface area contributed by atoms with Crippen LogP contribution in [-0.2, 0) is 6.61 Å². The average molecular weight is 269 g/mol. The van der Waals surface area contributed by atoms with E-state index in [0.29, 0.717) is 12.0 Å². The van der Waals surface area contributed by atoms with Crippen molar-refractivity contribution in [3.63, 3.8) is 0 Å². The van der Waals surface area contributed by atoms with E-state index in [0.717, 1.165) is 17.1 Å². The topological polar surface area (TPSA) is 39.2 Å². The number of ether oxygens (including phenoxy) is 1. The Balaban J connectivity index is 2.16. The van der Waals surface area contributed by atoms with E-state index in [1.54, 1.807) is 5.38 Å². The van der Waals surface area contributed by atoms with Gasteiger partial charge in [-0.05, 0) is 19.1 Å². The molecule has 1 heterocycles. The molecule has 2 rings (SSSR count). The molecule has 0 fully saturated rings. The first-order chi connectivity index (χ1) is 8.60. The van der Waals surface area contributed by atoms with Crippen molar-refractivity contribution < 1.29 is 18.3 Å². The van der Waals surface area contributed by atoms with Crippen molar-refractivity contribution in [3.05, 3.63) is 45.4 Å². The van der Waals surface area contributed by atoms with Crippen LogP contribution in [0.1, 0.15) is 21.1 Å². The molecule has 0 unspecified atom stereocenters. The minimum atomic E-state index is -0.899. The number of carbonyl (C=O) groups excluding carboxylic acids is 1. The molecule has 2 aromatic rings. The normalized spacial score (nSPS) is 10.4. The predicted octanol–water partition coefficient (Wildman–Crippen LogP) is 3.12. The second kappa shape index (κ2) is 5.22. The van der Waals surface area contributed by atoms with Gasteiger partial charge in [-0.3, -0.25) is 4.79 Å². The molecular formula is C12H9F2NO2S. The van der Waals surface area contributed by atoms with Crippen LogP contribution in [0.15, 0.2) is 17.5 Å². The summed E-state index contributed by atoms with van der Waals surface area (Å²) in [5, 5.41) is 2.61. The van der Waals surface area contributed by atoms with Crippen LogP contribution < -0.4 is 4.74 Å². The molecular weight excluding hydrogens is 260 g/mol. The molecule has 1 aromatic carbocycles. The van der Waals surface area contributed by atoms with Crippen LogP contribution in [0.3, 0.4) is 0 Å². The summed E-state index contributed by atoms with van der Waals surface area (Å²) in [7, 11) is 0. The molecule has 0 aliphatic rings. The minimum Gasteiger partial charge on any atom is -0.481 e. The SMILES string of the molecule is Cc1nc(COc2c(F)cc(C=O)cc2F)cs1.